The monoisotopic (exact) mass is 263 g/mol. The Morgan fingerprint density at radius 2 is 1.89 bits per heavy atom. The molecule has 5 heteroatoms. The van der Waals surface area contributed by atoms with Crippen LogP contribution in [0.15, 0.2) is 18.2 Å². The first kappa shape index (κ1) is 13.4. The lowest BCUT2D eigenvalue weighted by molar-refractivity contribution is -0.139. The maximum atomic E-state index is 11.5. The van der Waals surface area contributed by atoms with E-state index in [1.165, 1.54) is 0 Å². The normalized spacial score (nSPS) is 14.9. The molecule has 5 nitrogen and oxygen atoms in total. The van der Waals surface area contributed by atoms with E-state index in [0.717, 1.165) is 5.56 Å². The van der Waals surface area contributed by atoms with Crippen molar-refractivity contribution in [2.24, 2.45) is 0 Å². The van der Waals surface area contributed by atoms with E-state index >= 15 is 0 Å². The minimum atomic E-state index is -0.361. The highest BCUT2D eigenvalue weighted by Crippen LogP contribution is 2.27. The third kappa shape index (κ3) is 2.86. The second kappa shape index (κ2) is 5.73. The average Bonchev–Trinajstić information content (AvgIpc) is 2.76. The second-order valence-electron chi connectivity index (χ2n) is 4.40. The van der Waals surface area contributed by atoms with Crippen LogP contribution in [0.2, 0.25) is 0 Å². The maximum Gasteiger partial charge on any atom is 0.290 e. The van der Waals surface area contributed by atoms with Crippen LogP contribution in [-0.4, -0.2) is 43.9 Å². The van der Waals surface area contributed by atoms with Gasteiger partial charge in [0.25, 0.3) is 5.91 Å². The molecule has 0 aliphatic carbocycles. The zero-order chi connectivity index (χ0) is 13.8. The van der Waals surface area contributed by atoms with Gasteiger partial charge in [-0.25, -0.2) is 0 Å². The maximum absolute atomic E-state index is 11.5. The van der Waals surface area contributed by atoms with Gasteiger partial charge in [0.15, 0.2) is 11.5 Å². The molecule has 1 amide bonds. The number of Topliss-reactive ketones (excluding diaryl/α,β-unsaturated/α-hetero) is 1. The molecule has 1 aromatic rings. The third-order valence-electron chi connectivity index (χ3n) is 3.25. The van der Waals surface area contributed by atoms with Crippen LogP contribution < -0.4 is 9.47 Å². The molecule has 1 saturated heterocycles. The van der Waals surface area contributed by atoms with Gasteiger partial charge in [0.05, 0.1) is 14.2 Å². The Balaban J connectivity index is 2.00. The molecule has 19 heavy (non-hydrogen) atoms. The molecule has 102 valence electrons. The Kier molecular flexibility index (Phi) is 4.04. The molecular formula is C14H17NO4. The van der Waals surface area contributed by atoms with Crippen molar-refractivity contribution in [3.8, 4) is 11.5 Å². The van der Waals surface area contributed by atoms with E-state index in [9.17, 15) is 9.59 Å². The lowest BCUT2D eigenvalue weighted by Crippen LogP contribution is -2.29. The first-order valence-electron chi connectivity index (χ1n) is 6.18. The molecule has 0 saturated carbocycles. The van der Waals surface area contributed by atoms with Crippen molar-refractivity contribution in [2.45, 2.75) is 12.8 Å². The average molecular weight is 263 g/mol. The Morgan fingerprint density at radius 3 is 2.47 bits per heavy atom. The van der Waals surface area contributed by atoms with Crippen LogP contribution in [0, 0.1) is 0 Å². The lowest BCUT2D eigenvalue weighted by Gasteiger charge is -2.15. The van der Waals surface area contributed by atoms with Gasteiger partial charge in [0, 0.05) is 19.5 Å². The van der Waals surface area contributed by atoms with Crippen molar-refractivity contribution in [3.05, 3.63) is 23.8 Å². The zero-order valence-corrected chi connectivity index (χ0v) is 11.1. The van der Waals surface area contributed by atoms with Crippen LogP contribution in [-0.2, 0) is 16.0 Å². The molecule has 1 aliphatic heterocycles. The predicted octanol–water partition coefficient (Wildman–Crippen LogP) is 1.05. The summed E-state index contributed by atoms with van der Waals surface area (Å²) in [6, 6.07) is 5.66. The molecule has 1 aromatic carbocycles. The number of hydrogen-bond donors (Lipinski definition) is 0. The Hall–Kier alpha value is -2.04. The van der Waals surface area contributed by atoms with Gasteiger partial charge >= 0.3 is 0 Å². The fourth-order valence-electron chi connectivity index (χ4n) is 2.13. The van der Waals surface area contributed by atoms with Crippen molar-refractivity contribution >= 4 is 11.7 Å². The van der Waals surface area contributed by atoms with E-state index in [1.54, 1.807) is 19.1 Å². The minimum absolute atomic E-state index is 0.285. The SMILES string of the molecule is COc1ccc(CCN2CCC(=O)C2=O)cc1OC. The van der Waals surface area contributed by atoms with E-state index < -0.39 is 0 Å². The van der Waals surface area contributed by atoms with Crippen LogP contribution >= 0.6 is 0 Å². The number of benzene rings is 1. The van der Waals surface area contributed by atoms with Crippen LogP contribution in [0.4, 0.5) is 0 Å². The number of ketones is 1. The highest BCUT2D eigenvalue weighted by Gasteiger charge is 2.28. The number of rotatable bonds is 5. The largest absolute Gasteiger partial charge is 0.493 e. The quantitative estimate of drug-likeness (QED) is 0.745. The number of nitrogens with zero attached hydrogens (tertiary/aromatic N) is 1. The standard InChI is InChI=1S/C14H17NO4/c1-18-12-4-3-10(9-13(12)19-2)5-7-15-8-6-11(16)14(15)17/h3-4,9H,5-8H2,1-2H3. The highest BCUT2D eigenvalue weighted by molar-refractivity contribution is 6.37. The van der Waals surface area contributed by atoms with Gasteiger partial charge in [0.2, 0.25) is 5.78 Å². The zero-order valence-electron chi connectivity index (χ0n) is 11.1. The lowest BCUT2D eigenvalue weighted by atomic mass is 10.1. The van der Waals surface area contributed by atoms with Gasteiger partial charge in [-0.1, -0.05) is 6.07 Å². The summed E-state index contributed by atoms with van der Waals surface area (Å²) in [6.07, 6.45) is 1.03. The third-order valence-corrected chi connectivity index (χ3v) is 3.25. The van der Waals surface area contributed by atoms with Crippen LogP contribution in [0.25, 0.3) is 0 Å². The number of amides is 1. The summed E-state index contributed by atoms with van der Waals surface area (Å²) < 4.78 is 10.4. The molecule has 0 unspecified atom stereocenters. The summed E-state index contributed by atoms with van der Waals surface area (Å²) >= 11 is 0. The van der Waals surface area contributed by atoms with Gasteiger partial charge in [-0.05, 0) is 24.1 Å². The molecule has 0 N–H and O–H groups in total. The Bertz CT molecular complexity index is 498. The molecule has 0 spiro atoms. The summed E-state index contributed by atoms with van der Waals surface area (Å²) in [6.45, 7) is 1.09. The van der Waals surface area contributed by atoms with E-state index in [2.05, 4.69) is 0 Å². The molecule has 1 heterocycles. The number of carbonyl (C=O) groups is 2. The van der Waals surface area contributed by atoms with E-state index in [1.807, 2.05) is 18.2 Å². The number of methoxy groups -OCH3 is 2. The molecule has 1 aliphatic rings. The second-order valence-corrected chi connectivity index (χ2v) is 4.40. The molecule has 0 radical (unpaired) electrons. The fraction of sp³-hybridized carbons (Fsp3) is 0.429. The van der Waals surface area contributed by atoms with Crippen molar-refractivity contribution in [1.29, 1.82) is 0 Å². The van der Waals surface area contributed by atoms with Gasteiger partial charge in [-0.2, -0.15) is 0 Å². The summed E-state index contributed by atoms with van der Waals surface area (Å²) in [4.78, 5) is 24.2. The van der Waals surface area contributed by atoms with Crippen molar-refractivity contribution in [1.82, 2.24) is 4.90 Å². The summed E-state index contributed by atoms with van der Waals surface area (Å²) in [5.41, 5.74) is 1.05. The van der Waals surface area contributed by atoms with Crippen molar-refractivity contribution in [3.63, 3.8) is 0 Å². The van der Waals surface area contributed by atoms with Crippen LogP contribution in [0.3, 0.4) is 0 Å². The van der Waals surface area contributed by atoms with Crippen LogP contribution in [0.5, 0.6) is 11.5 Å². The van der Waals surface area contributed by atoms with Gasteiger partial charge in [-0.15, -0.1) is 0 Å². The molecule has 0 bridgehead atoms. The van der Waals surface area contributed by atoms with Crippen molar-refractivity contribution in [2.75, 3.05) is 27.3 Å². The summed E-state index contributed by atoms with van der Waals surface area (Å²) in [5.74, 6) is 0.704. The molecule has 0 aromatic heterocycles. The Morgan fingerprint density at radius 1 is 1.16 bits per heavy atom. The minimum Gasteiger partial charge on any atom is -0.493 e. The number of likely N-dealkylation sites (tertiary alicyclic amines) is 1. The topological polar surface area (TPSA) is 55.8 Å². The summed E-state index contributed by atoms with van der Waals surface area (Å²) in [5, 5.41) is 0. The molecule has 0 atom stereocenters. The van der Waals surface area contributed by atoms with Crippen molar-refractivity contribution < 1.29 is 19.1 Å². The molecular weight excluding hydrogens is 246 g/mol. The molecule has 2 rings (SSSR count). The number of hydrogen-bond acceptors (Lipinski definition) is 4. The first-order valence-corrected chi connectivity index (χ1v) is 6.18. The highest BCUT2D eigenvalue weighted by atomic mass is 16.5. The van der Waals surface area contributed by atoms with Crippen LogP contribution in [0.1, 0.15) is 12.0 Å². The van der Waals surface area contributed by atoms with Gasteiger partial charge in [-0.3, -0.25) is 9.59 Å². The smallest absolute Gasteiger partial charge is 0.290 e. The van der Waals surface area contributed by atoms with Gasteiger partial charge in [0.1, 0.15) is 0 Å². The number of carbonyl (C=O) groups excluding carboxylic acids is 2. The van der Waals surface area contributed by atoms with Gasteiger partial charge < -0.3 is 14.4 Å². The van der Waals surface area contributed by atoms with E-state index in [-0.39, 0.29) is 11.7 Å². The fourth-order valence-corrected chi connectivity index (χ4v) is 2.13. The predicted molar refractivity (Wildman–Crippen MR) is 69.5 cm³/mol. The van der Waals surface area contributed by atoms with E-state index in [0.29, 0.717) is 37.4 Å². The number of ether oxygens (including phenoxy) is 2. The Labute approximate surface area is 112 Å². The summed E-state index contributed by atoms with van der Waals surface area (Å²) in [7, 11) is 3.18. The van der Waals surface area contributed by atoms with E-state index in [4.69, 9.17) is 9.47 Å². The molecule has 1 fully saturated rings. The first-order chi connectivity index (χ1) is 9.15.